The lowest BCUT2D eigenvalue weighted by Crippen LogP contribution is -2.36. The van der Waals surface area contributed by atoms with Gasteiger partial charge in [-0.05, 0) is 12.5 Å². The Balaban J connectivity index is 1.76. The first kappa shape index (κ1) is 26.0. The number of nitrogens with one attached hydrogen (secondary N) is 1. The Hall–Kier alpha value is -1.04. The quantitative estimate of drug-likeness (QED) is 0.260. The van der Waals surface area contributed by atoms with Crippen molar-refractivity contribution < 1.29 is 17.9 Å². The van der Waals surface area contributed by atoms with E-state index in [1.807, 2.05) is 0 Å². The van der Waals surface area contributed by atoms with Crippen LogP contribution in [0.25, 0.3) is 0 Å². The number of alkyl carbamates (subject to hydrolysis) is 1. The molecule has 1 unspecified atom stereocenters. The Labute approximate surface area is 179 Å². The average molecular weight is 430 g/mol. The van der Waals surface area contributed by atoms with Crippen LogP contribution < -0.4 is 5.32 Å². The predicted molar refractivity (Wildman–Crippen MR) is 121 cm³/mol. The van der Waals surface area contributed by atoms with Crippen LogP contribution in [0, 0.1) is 0 Å². The number of sulfone groups is 1. The molecule has 5 nitrogen and oxygen atoms in total. The fourth-order valence-electron chi connectivity index (χ4n) is 3.67. The Bertz CT molecular complexity index is 545. The molecule has 1 amide bonds. The van der Waals surface area contributed by atoms with Crippen LogP contribution in [0.4, 0.5) is 4.79 Å². The smallest absolute Gasteiger partial charge is 0.407 e. The SMILES string of the molecule is CCCCCCCCCCCCCCCCCCOC(=O)NC1C=CS(=O)(=O)C1. The fraction of sp³-hybridized carbons (Fsp3) is 0.870. The lowest BCUT2D eigenvalue weighted by molar-refractivity contribution is 0.142. The fourth-order valence-corrected chi connectivity index (χ4v) is 4.91. The lowest BCUT2D eigenvalue weighted by atomic mass is 10.0. The predicted octanol–water partition coefficient (Wildman–Crippen LogP) is 6.28. The molecule has 1 aliphatic rings. The molecule has 0 fully saturated rings. The number of hydrogen-bond acceptors (Lipinski definition) is 4. The van der Waals surface area contributed by atoms with Gasteiger partial charge in [0.1, 0.15) is 0 Å². The third kappa shape index (κ3) is 15.5. The maximum absolute atomic E-state index is 11.6. The summed E-state index contributed by atoms with van der Waals surface area (Å²) in [5.41, 5.74) is 0. The average Bonchev–Trinajstić information content (AvgIpc) is 3.02. The molecule has 1 rings (SSSR count). The van der Waals surface area contributed by atoms with Gasteiger partial charge >= 0.3 is 6.09 Å². The number of unbranched alkanes of at least 4 members (excludes halogenated alkanes) is 15. The van der Waals surface area contributed by atoms with Gasteiger partial charge in [0.15, 0.2) is 9.84 Å². The molecule has 170 valence electrons. The molecule has 0 aromatic rings. The van der Waals surface area contributed by atoms with E-state index in [9.17, 15) is 13.2 Å². The maximum atomic E-state index is 11.6. The highest BCUT2D eigenvalue weighted by Crippen LogP contribution is 2.14. The van der Waals surface area contributed by atoms with Crippen molar-refractivity contribution in [1.29, 1.82) is 0 Å². The number of ether oxygens (including phenoxy) is 1. The standard InChI is InChI=1S/C23H43NO4S/c1-2-3-4-5-6-7-8-9-10-11-12-13-14-15-16-17-19-28-23(25)24-22-18-20-29(26,27)21-22/h18,20,22H,2-17,19,21H2,1H3,(H,24,25). The molecule has 29 heavy (non-hydrogen) atoms. The van der Waals surface area contributed by atoms with Crippen LogP contribution in [0.3, 0.4) is 0 Å². The van der Waals surface area contributed by atoms with Gasteiger partial charge in [-0.2, -0.15) is 0 Å². The number of rotatable bonds is 18. The zero-order chi connectivity index (χ0) is 21.2. The summed E-state index contributed by atoms with van der Waals surface area (Å²) in [6.45, 7) is 2.66. The molecular weight excluding hydrogens is 386 g/mol. The summed E-state index contributed by atoms with van der Waals surface area (Å²) in [5.74, 6) is -0.0683. The van der Waals surface area contributed by atoms with Crippen LogP contribution in [0.5, 0.6) is 0 Å². The number of amides is 1. The molecule has 1 atom stereocenters. The first-order valence-electron chi connectivity index (χ1n) is 11.9. The normalized spacial score (nSPS) is 17.5. The molecule has 0 aromatic heterocycles. The molecule has 0 spiro atoms. The van der Waals surface area contributed by atoms with Gasteiger partial charge < -0.3 is 10.1 Å². The van der Waals surface area contributed by atoms with E-state index in [2.05, 4.69) is 12.2 Å². The first-order valence-corrected chi connectivity index (χ1v) is 13.6. The van der Waals surface area contributed by atoms with Crippen molar-refractivity contribution in [3.05, 3.63) is 11.5 Å². The minimum atomic E-state index is -3.14. The van der Waals surface area contributed by atoms with Crippen molar-refractivity contribution in [2.45, 2.75) is 116 Å². The van der Waals surface area contributed by atoms with E-state index in [0.717, 1.165) is 18.2 Å². The maximum Gasteiger partial charge on any atom is 0.407 e. The molecular formula is C23H43NO4S. The zero-order valence-corrected chi connectivity index (χ0v) is 19.3. The van der Waals surface area contributed by atoms with E-state index in [1.54, 1.807) is 0 Å². The van der Waals surface area contributed by atoms with Crippen LogP contribution in [0.2, 0.25) is 0 Å². The van der Waals surface area contributed by atoms with Gasteiger partial charge in [0.2, 0.25) is 0 Å². The van der Waals surface area contributed by atoms with Gasteiger partial charge in [0.25, 0.3) is 0 Å². The minimum absolute atomic E-state index is 0.0683. The highest BCUT2D eigenvalue weighted by molar-refractivity contribution is 7.94. The van der Waals surface area contributed by atoms with E-state index in [4.69, 9.17) is 4.74 Å². The summed E-state index contributed by atoms with van der Waals surface area (Å²) in [5, 5.41) is 3.71. The van der Waals surface area contributed by atoms with Gasteiger partial charge in [0, 0.05) is 5.41 Å². The molecule has 0 saturated heterocycles. The number of carbonyl (C=O) groups is 1. The largest absolute Gasteiger partial charge is 0.450 e. The van der Waals surface area contributed by atoms with Crippen molar-refractivity contribution in [2.75, 3.05) is 12.4 Å². The molecule has 0 bridgehead atoms. The Kier molecular flexibility index (Phi) is 15.0. The second-order valence-electron chi connectivity index (χ2n) is 8.35. The molecule has 0 aromatic carbocycles. The molecule has 0 saturated carbocycles. The van der Waals surface area contributed by atoms with E-state index in [1.165, 1.54) is 96.0 Å². The third-order valence-corrected chi connectivity index (χ3v) is 6.86. The molecule has 0 aliphatic carbocycles. The van der Waals surface area contributed by atoms with E-state index < -0.39 is 22.0 Å². The van der Waals surface area contributed by atoms with Crippen molar-refractivity contribution in [3.63, 3.8) is 0 Å². The van der Waals surface area contributed by atoms with Gasteiger partial charge in [-0.25, -0.2) is 13.2 Å². The van der Waals surface area contributed by atoms with Crippen molar-refractivity contribution in [1.82, 2.24) is 5.32 Å². The summed E-state index contributed by atoms with van der Waals surface area (Å²) in [7, 11) is -3.14. The second kappa shape index (κ2) is 16.7. The molecule has 6 heteroatoms. The van der Waals surface area contributed by atoms with E-state index >= 15 is 0 Å². The third-order valence-electron chi connectivity index (χ3n) is 5.46. The highest BCUT2D eigenvalue weighted by Gasteiger charge is 2.23. The van der Waals surface area contributed by atoms with Gasteiger partial charge in [-0.1, -0.05) is 103 Å². The lowest BCUT2D eigenvalue weighted by Gasteiger charge is -2.10. The van der Waals surface area contributed by atoms with E-state index in [0.29, 0.717) is 6.61 Å². The van der Waals surface area contributed by atoms with Gasteiger partial charge in [-0.3, -0.25) is 0 Å². The van der Waals surface area contributed by atoms with Crippen LogP contribution in [0.1, 0.15) is 110 Å². The van der Waals surface area contributed by atoms with Crippen LogP contribution >= 0.6 is 0 Å². The number of carbonyl (C=O) groups excluding carboxylic acids is 1. The number of hydrogen-bond donors (Lipinski definition) is 1. The summed E-state index contributed by atoms with van der Waals surface area (Å²) in [4.78, 5) is 11.6. The zero-order valence-electron chi connectivity index (χ0n) is 18.5. The minimum Gasteiger partial charge on any atom is -0.450 e. The molecule has 0 radical (unpaired) electrons. The van der Waals surface area contributed by atoms with Crippen molar-refractivity contribution >= 4 is 15.9 Å². The highest BCUT2D eigenvalue weighted by atomic mass is 32.2. The Morgan fingerprint density at radius 3 is 1.69 bits per heavy atom. The van der Waals surface area contributed by atoms with Crippen molar-refractivity contribution in [3.8, 4) is 0 Å². The summed E-state index contributed by atoms with van der Waals surface area (Å²) in [6.07, 6.45) is 22.0. The van der Waals surface area contributed by atoms with Crippen molar-refractivity contribution in [2.24, 2.45) is 0 Å². The topological polar surface area (TPSA) is 72.5 Å². The van der Waals surface area contributed by atoms with E-state index in [-0.39, 0.29) is 5.75 Å². The van der Waals surface area contributed by atoms with Crippen LogP contribution in [-0.2, 0) is 14.6 Å². The molecule has 1 N–H and O–H groups in total. The van der Waals surface area contributed by atoms with Gasteiger partial charge in [0.05, 0.1) is 18.4 Å². The second-order valence-corrected chi connectivity index (χ2v) is 10.3. The molecule has 1 aliphatic heterocycles. The summed E-state index contributed by atoms with van der Waals surface area (Å²) >= 11 is 0. The first-order chi connectivity index (χ1) is 14.0. The summed E-state index contributed by atoms with van der Waals surface area (Å²) < 4.78 is 27.7. The summed E-state index contributed by atoms with van der Waals surface area (Å²) in [6, 6.07) is -0.460. The Morgan fingerprint density at radius 2 is 1.28 bits per heavy atom. The monoisotopic (exact) mass is 429 g/mol. The van der Waals surface area contributed by atoms with Gasteiger partial charge in [-0.15, -0.1) is 0 Å². The molecule has 1 heterocycles. The van der Waals surface area contributed by atoms with Crippen LogP contribution in [0.15, 0.2) is 11.5 Å². The Morgan fingerprint density at radius 1 is 0.828 bits per heavy atom. The van der Waals surface area contributed by atoms with Crippen LogP contribution in [-0.4, -0.2) is 32.9 Å².